The average Bonchev–Trinajstić information content (AvgIpc) is 2.53. The molecule has 0 saturated carbocycles. The maximum Gasteiger partial charge on any atom is 0.216 e. The van der Waals surface area contributed by atoms with Crippen molar-refractivity contribution >= 4 is 10.0 Å². The summed E-state index contributed by atoms with van der Waals surface area (Å²) in [7, 11) is -3.14. The molecule has 1 saturated heterocycles. The molecule has 1 atom stereocenters. The van der Waals surface area contributed by atoms with Crippen LogP contribution in [0.1, 0.15) is 13.3 Å². The molecule has 0 bridgehead atoms. The van der Waals surface area contributed by atoms with Crippen molar-refractivity contribution in [1.82, 2.24) is 4.31 Å². The molecule has 2 N–H and O–H groups in total. The van der Waals surface area contributed by atoms with Crippen molar-refractivity contribution in [3.63, 3.8) is 0 Å². The lowest BCUT2D eigenvalue weighted by molar-refractivity contribution is 0.162. The summed E-state index contributed by atoms with van der Waals surface area (Å²) in [6, 6.07) is -0.00290. The third-order valence-electron chi connectivity index (χ3n) is 2.27. The fraction of sp³-hybridized carbons (Fsp3) is 1.00. The lowest BCUT2D eigenvalue weighted by Crippen LogP contribution is -2.34. The Balaban J connectivity index is 2.41. The van der Waals surface area contributed by atoms with Crippen molar-refractivity contribution in [2.75, 3.05) is 32.1 Å². The van der Waals surface area contributed by atoms with Gasteiger partial charge in [-0.15, -0.1) is 0 Å². The average molecular weight is 222 g/mol. The van der Waals surface area contributed by atoms with Crippen molar-refractivity contribution < 1.29 is 13.2 Å². The number of ether oxygens (including phenoxy) is 1. The smallest absolute Gasteiger partial charge is 0.216 e. The van der Waals surface area contributed by atoms with E-state index in [0.29, 0.717) is 19.7 Å². The number of nitrogens with zero attached hydrogens (tertiary/aromatic N) is 1. The van der Waals surface area contributed by atoms with Gasteiger partial charge in [-0.3, -0.25) is 0 Å². The summed E-state index contributed by atoms with van der Waals surface area (Å²) in [5, 5.41) is 0. The molecule has 1 aliphatic rings. The van der Waals surface area contributed by atoms with E-state index in [1.54, 1.807) is 0 Å². The Hall–Kier alpha value is -0.170. The molecule has 14 heavy (non-hydrogen) atoms. The standard InChI is InChI=1S/C8H18N2O3S/c1-2-13-5-6-14(11,12)10-4-3-8(9)7-10/h8H,2-7,9H2,1H3/t8-/m1/s1. The highest BCUT2D eigenvalue weighted by molar-refractivity contribution is 7.89. The van der Waals surface area contributed by atoms with Crippen LogP contribution in [-0.2, 0) is 14.8 Å². The third kappa shape index (κ3) is 3.20. The van der Waals surface area contributed by atoms with Gasteiger partial charge in [-0.25, -0.2) is 12.7 Å². The molecule has 0 aromatic carbocycles. The van der Waals surface area contributed by atoms with Gasteiger partial charge in [0.2, 0.25) is 10.0 Å². The zero-order chi connectivity index (χ0) is 10.6. The fourth-order valence-corrected chi connectivity index (χ4v) is 2.83. The van der Waals surface area contributed by atoms with E-state index in [-0.39, 0.29) is 18.4 Å². The van der Waals surface area contributed by atoms with Crippen LogP contribution < -0.4 is 5.73 Å². The minimum atomic E-state index is -3.14. The predicted octanol–water partition coefficient (Wildman–Crippen LogP) is -0.614. The van der Waals surface area contributed by atoms with Gasteiger partial charge in [0.15, 0.2) is 0 Å². The minimum Gasteiger partial charge on any atom is -0.381 e. The van der Waals surface area contributed by atoms with E-state index >= 15 is 0 Å². The van der Waals surface area contributed by atoms with E-state index in [9.17, 15) is 8.42 Å². The van der Waals surface area contributed by atoms with Crippen molar-refractivity contribution in [3.8, 4) is 0 Å². The number of sulfonamides is 1. The SMILES string of the molecule is CCOCCS(=O)(=O)N1CC[C@@H](N)C1. The molecule has 0 radical (unpaired) electrons. The molecule has 84 valence electrons. The predicted molar refractivity (Wildman–Crippen MR) is 54.4 cm³/mol. The highest BCUT2D eigenvalue weighted by atomic mass is 32.2. The third-order valence-corrected chi connectivity index (χ3v) is 4.07. The first kappa shape index (κ1) is 11.9. The molecule has 0 aliphatic carbocycles. The Kier molecular flexibility index (Phi) is 4.31. The van der Waals surface area contributed by atoms with Crippen molar-refractivity contribution in [1.29, 1.82) is 0 Å². The maximum absolute atomic E-state index is 11.6. The summed E-state index contributed by atoms with van der Waals surface area (Å²) in [6.07, 6.45) is 0.758. The number of nitrogens with two attached hydrogens (primary N) is 1. The molecular weight excluding hydrogens is 204 g/mol. The molecule has 0 aromatic heterocycles. The zero-order valence-electron chi connectivity index (χ0n) is 8.48. The van der Waals surface area contributed by atoms with E-state index in [4.69, 9.17) is 10.5 Å². The topological polar surface area (TPSA) is 72.6 Å². The van der Waals surface area contributed by atoms with Crippen LogP contribution in [0, 0.1) is 0 Å². The second kappa shape index (κ2) is 5.06. The minimum absolute atomic E-state index is 0.00290. The van der Waals surface area contributed by atoms with Crippen LogP contribution in [0.2, 0.25) is 0 Å². The first-order valence-corrected chi connectivity index (χ1v) is 6.48. The second-order valence-corrected chi connectivity index (χ2v) is 5.51. The number of hydrogen-bond acceptors (Lipinski definition) is 4. The van der Waals surface area contributed by atoms with Gasteiger partial charge < -0.3 is 10.5 Å². The molecule has 0 unspecified atom stereocenters. The normalized spacial score (nSPS) is 24.3. The number of rotatable bonds is 5. The van der Waals surface area contributed by atoms with E-state index in [1.807, 2.05) is 6.92 Å². The molecule has 1 rings (SSSR count). The molecule has 1 heterocycles. The second-order valence-electron chi connectivity index (χ2n) is 3.42. The van der Waals surface area contributed by atoms with Gasteiger partial charge in [0.05, 0.1) is 12.4 Å². The monoisotopic (exact) mass is 222 g/mol. The van der Waals surface area contributed by atoms with Crippen LogP contribution in [0.25, 0.3) is 0 Å². The Morgan fingerprint density at radius 1 is 1.57 bits per heavy atom. The van der Waals surface area contributed by atoms with E-state index < -0.39 is 10.0 Å². The van der Waals surface area contributed by atoms with Crippen LogP contribution >= 0.6 is 0 Å². The molecule has 1 fully saturated rings. The van der Waals surface area contributed by atoms with Crippen molar-refractivity contribution in [2.24, 2.45) is 5.73 Å². The van der Waals surface area contributed by atoms with Gasteiger partial charge in [0.1, 0.15) is 0 Å². The van der Waals surface area contributed by atoms with Gasteiger partial charge in [-0.1, -0.05) is 0 Å². The van der Waals surface area contributed by atoms with Crippen LogP contribution in [0.4, 0.5) is 0 Å². The Morgan fingerprint density at radius 3 is 2.79 bits per heavy atom. The van der Waals surface area contributed by atoms with Crippen molar-refractivity contribution in [2.45, 2.75) is 19.4 Å². The molecule has 6 heteroatoms. The van der Waals surface area contributed by atoms with Gasteiger partial charge >= 0.3 is 0 Å². The van der Waals surface area contributed by atoms with Gasteiger partial charge in [-0.05, 0) is 13.3 Å². The summed E-state index contributed by atoms with van der Waals surface area (Å²) < 4.78 is 29.8. The summed E-state index contributed by atoms with van der Waals surface area (Å²) in [5.41, 5.74) is 5.64. The van der Waals surface area contributed by atoms with E-state index in [2.05, 4.69) is 0 Å². The van der Waals surface area contributed by atoms with Gasteiger partial charge in [0, 0.05) is 25.7 Å². The molecule has 0 amide bonds. The lowest BCUT2D eigenvalue weighted by Gasteiger charge is -2.15. The van der Waals surface area contributed by atoms with E-state index in [0.717, 1.165) is 6.42 Å². The van der Waals surface area contributed by atoms with Crippen LogP contribution in [0.3, 0.4) is 0 Å². The van der Waals surface area contributed by atoms with Crippen LogP contribution in [-0.4, -0.2) is 50.8 Å². The summed E-state index contributed by atoms with van der Waals surface area (Å²) in [5.74, 6) is 0.0631. The molecule has 0 spiro atoms. The summed E-state index contributed by atoms with van der Waals surface area (Å²) >= 11 is 0. The van der Waals surface area contributed by atoms with Crippen LogP contribution in [0.5, 0.6) is 0 Å². The molecular formula is C8H18N2O3S. The number of hydrogen-bond donors (Lipinski definition) is 1. The Labute approximate surface area is 85.3 Å². The highest BCUT2D eigenvalue weighted by Gasteiger charge is 2.28. The Morgan fingerprint density at radius 2 is 2.29 bits per heavy atom. The largest absolute Gasteiger partial charge is 0.381 e. The maximum atomic E-state index is 11.6. The molecule has 0 aromatic rings. The van der Waals surface area contributed by atoms with Gasteiger partial charge in [0.25, 0.3) is 0 Å². The summed E-state index contributed by atoms with van der Waals surface area (Å²) in [4.78, 5) is 0. The fourth-order valence-electron chi connectivity index (χ4n) is 1.44. The Bertz CT molecular complexity index is 266. The first-order valence-electron chi connectivity index (χ1n) is 4.87. The quantitative estimate of drug-likeness (QED) is 0.630. The first-order chi connectivity index (χ1) is 6.56. The van der Waals surface area contributed by atoms with E-state index in [1.165, 1.54) is 4.31 Å². The van der Waals surface area contributed by atoms with Crippen LogP contribution in [0.15, 0.2) is 0 Å². The zero-order valence-corrected chi connectivity index (χ0v) is 9.29. The molecule has 5 nitrogen and oxygen atoms in total. The lowest BCUT2D eigenvalue weighted by atomic mass is 10.3. The van der Waals surface area contributed by atoms with Gasteiger partial charge in [-0.2, -0.15) is 0 Å². The highest BCUT2D eigenvalue weighted by Crippen LogP contribution is 2.12. The summed E-state index contributed by atoms with van der Waals surface area (Å²) in [6.45, 7) is 3.67. The molecule has 1 aliphatic heterocycles. The van der Waals surface area contributed by atoms with Crippen molar-refractivity contribution in [3.05, 3.63) is 0 Å².